The Hall–Kier alpha value is -2.11. The van der Waals surface area contributed by atoms with Crippen molar-refractivity contribution in [1.82, 2.24) is 9.97 Å². The van der Waals surface area contributed by atoms with Crippen LogP contribution < -0.4 is 5.73 Å². The van der Waals surface area contributed by atoms with Gasteiger partial charge >= 0.3 is 6.18 Å². The van der Waals surface area contributed by atoms with E-state index in [1.165, 1.54) is 18.2 Å². The van der Waals surface area contributed by atoms with Crippen molar-refractivity contribution in [3.63, 3.8) is 0 Å². The zero-order valence-corrected chi connectivity index (χ0v) is 20.2. The monoisotopic (exact) mass is 535 g/mol. The summed E-state index contributed by atoms with van der Waals surface area (Å²) in [6.45, 7) is 3.13. The fourth-order valence-corrected chi connectivity index (χ4v) is 4.22. The van der Waals surface area contributed by atoms with Crippen molar-refractivity contribution < 1.29 is 27.5 Å². The number of nitrogens with zero attached hydrogens (tertiary/aromatic N) is 2. The minimum absolute atomic E-state index is 0.00355. The number of nitrogens with two attached hydrogens (primary N) is 1. The van der Waals surface area contributed by atoms with Gasteiger partial charge in [0.15, 0.2) is 10.3 Å². The van der Waals surface area contributed by atoms with Crippen molar-refractivity contribution in [2.24, 2.45) is 5.73 Å². The lowest BCUT2D eigenvalue weighted by Crippen LogP contribution is -2.44. The molecule has 2 aromatic heterocycles. The summed E-state index contributed by atoms with van der Waals surface area (Å²) in [6, 6.07) is 6.04. The molecule has 1 unspecified atom stereocenters. The molecule has 0 saturated carbocycles. The molecule has 12 heteroatoms. The number of carbonyl (C=O) groups excluding carboxylic acids is 1. The number of aliphatic hydroxyl groups is 1. The fourth-order valence-electron chi connectivity index (χ4n) is 3.13. The second-order valence-electron chi connectivity index (χ2n) is 8.24. The summed E-state index contributed by atoms with van der Waals surface area (Å²) in [6.07, 6.45) is -5.67. The molecule has 5 nitrogen and oxygen atoms in total. The molecular formula is C22H19Cl2F4N3O2S. The van der Waals surface area contributed by atoms with Crippen LogP contribution in [-0.2, 0) is 11.1 Å². The van der Waals surface area contributed by atoms with Crippen LogP contribution in [-0.4, -0.2) is 27.0 Å². The zero-order chi connectivity index (χ0) is 25.5. The maximum Gasteiger partial charge on any atom is 0.422 e. The number of thiazole rings is 1. The van der Waals surface area contributed by atoms with Gasteiger partial charge < -0.3 is 10.8 Å². The van der Waals surface area contributed by atoms with Crippen molar-refractivity contribution in [2.45, 2.75) is 44.0 Å². The lowest BCUT2D eigenvalue weighted by molar-refractivity contribution is -0.270. The lowest BCUT2D eigenvalue weighted by Gasteiger charge is -2.32. The van der Waals surface area contributed by atoms with Gasteiger partial charge in [0.2, 0.25) is 5.60 Å². The van der Waals surface area contributed by atoms with Crippen LogP contribution in [0.2, 0.25) is 9.49 Å². The highest BCUT2D eigenvalue weighted by Crippen LogP contribution is 2.43. The Balaban J connectivity index is 2.10. The minimum Gasteiger partial charge on any atom is -0.375 e. The van der Waals surface area contributed by atoms with Gasteiger partial charge in [0.1, 0.15) is 5.82 Å². The van der Waals surface area contributed by atoms with Crippen LogP contribution in [0.5, 0.6) is 0 Å². The van der Waals surface area contributed by atoms with Crippen LogP contribution in [0, 0.1) is 5.82 Å². The van der Waals surface area contributed by atoms with Crippen molar-refractivity contribution >= 4 is 40.3 Å². The van der Waals surface area contributed by atoms with E-state index in [9.17, 15) is 27.5 Å². The average Bonchev–Trinajstić information content (AvgIpc) is 3.18. The smallest absolute Gasteiger partial charge is 0.375 e. The number of hydrogen-bond acceptors (Lipinski definition) is 6. The maximum atomic E-state index is 14.2. The largest absolute Gasteiger partial charge is 0.422 e. The predicted molar refractivity (Wildman–Crippen MR) is 122 cm³/mol. The molecule has 0 fully saturated rings. The molecule has 1 atom stereocenters. The molecule has 3 N–H and O–H groups in total. The highest BCUT2D eigenvalue weighted by molar-refractivity contribution is 7.17. The summed E-state index contributed by atoms with van der Waals surface area (Å²) in [5.41, 5.74) is 1.24. The Bertz CT molecular complexity index is 1230. The van der Waals surface area contributed by atoms with Gasteiger partial charge in [-0.1, -0.05) is 34.5 Å². The molecule has 0 aliphatic rings. The number of hydrogen-bond donors (Lipinski definition) is 2. The Morgan fingerprint density at radius 2 is 1.85 bits per heavy atom. The molecule has 0 radical (unpaired) electrons. The Labute approximate surface area is 206 Å². The highest BCUT2D eigenvalue weighted by atomic mass is 35.5. The number of benzene rings is 1. The molecular weight excluding hydrogens is 517 g/mol. The number of carbonyl (C=O) groups is 1. The second kappa shape index (κ2) is 9.50. The summed E-state index contributed by atoms with van der Waals surface area (Å²) < 4.78 is 56.3. The van der Waals surface area contributed by atoms with Gasteiger partial charge in [-0.2, -0.15) is 13.2 Å². The van der Waals surface area contributed by atoms with E-state index in [-0.39, 0.29) is 31.2 Å². The zero-order valence-electron chi connectivity index (χ0n) is 17.9. The van der Waals surface area contributed by atoms with Crippen LogP contribution in [0.1, 0.15) is 47.6 Å². The minimum atomic E-state index is -5.18. The van der Waals surface area contributed by atoms with Crippen LogP contribution in [0.25, 0.3) is 11.3 Å². The summed E-state index contributed by atoms with van der Waals surface area (Å²) in [5, 5.41) is 10.6. The molecule has 0 bridgehead atoms. The van der Waals surface area contributed by atoms with E-state index < -0.39 is 47.5 Å². The second-order valence-corrected chi connectivity index (χ2v) is 10.3. The van der Waals surface area contributed by atoms with E-state index in [1.54, 1.807) is 13.8 Å². The van der Waals surface area contributed by atoms with E-state index in [2.05, 4.69) is 9.97 Å². The van der Waals surface area contributed by atoms with Crippen molar-refractivity contribution in [3.05, 3.63) is 68.0 Å². The van der Waals surface area contributed by atoms with Crippen molar-refractivity contribution in [1.29, 1.82) is 0 Å². The van der Waals surface area contributed by atoms with E-state index in [0.29, 0.717) is 0 Å². The maximum absolute atomic E-state index is 14.2. The number of ketones is 1. The van der Waals surface area contributed by atoms with E-state index in [4.69, 9.17) is 28.9 Å². The fraction of sp³-hybridized carbons (Fsp3) is 0.318. The first-order chi connectivity index (χ1) is 15.6. The van der Waals surface area contributed by atoms with E-state index >= 15 is 0 Å². The lowest BCUT2D eigenvalue weighted by atomic mass is 9.86. The van der Waals surface area contributed by atoms with Gasteiger partial charge in [-0.25, -0.2) is 14.4 Å². The van der Waals surface area contributed by atoms with Gasteiger partial charge in [-0.05, 0) is 56.2 Å². The topological polar surface area (TPSA) is 89.1 Å². The van der Waals surface area contributed by atoms with Crippen LogP contribution in [0.15, 0.2) is 36.5 Å². The van der Waals surface area contributed by atoms with Gasteiger partial charge in [0.25, 0.3) is 0 Å². The van der Waals surface area contributed by atoms with E-state index in [1.807, 2.05) is 0 Å². The number of pyridine rings is 1. The number of Topliss-reactive ketones (excluding diaryl/α,β-unsaturated/α-hetero) is 1. The summed E-state index contributed by atoms with van der Waals surface area (Å²) in [5.74, 6) is -1.37. The summed E-state index contributed by atoms with van der Waals surface area (Å²) in [7, 11) is 0. The molecule has 3 aromatic rings. The molecule has 2 heterocycles. The van der Waals surface area contributed by atoms with Crippen LogP contribution >= 0.6 is 34.5 Å². The molecule has 3 rings (SSSR count). The van der Waals surface area contributed by atoms with E-state index in [0.717, 1.165) is 29.7 Å². The normalized spacial score (nSPS) is 14.2. The van der Waals surface area contributed by atoms with Gasteiger partial charge in [-0.3, -0.25) is 4.79 Å². The average molecular weight is 536 g/mol. The third kappa shape index (κ3) is 5.58. The molecule has 0 aliphatic heterocycles. The third-order valence-corrected chi connectivity index (χ3v) is 6.59. The molecule has 1 aromatic carbocycles. The summed E-state index contributed by atoms with van der Waals surface area (Å²) in [4.78, 5) is 20.2. The van der Waals surface area contributed by atoms with Gasteiger partial charge in [0, 0.05) is 17.5 Å². The standard InChI is InChI=1S/C22H19Cl2F4N3O2S/c1-20(2,29)12-8-15(11-3-4-14(25)13(23)7-11)31-18(9-12)21(33,22(26,27)28)6-5-16(32)17-10-30-19(24)34-17/h3-4,7-10,33H,5-6,29H2,1-2H3. The Kier molecular flexibility index (Phi) is 7.40. The Morgan fingerprint density at radius 3 is 2.38 bits per heavy atom. The number of halogens is 6. The molecule has 0 amide bonds. The molecule has 0 spiro atoms. The molecule has 0 saturated heterocycles. The molecule has 34 heavy (non-hydrogen) atoms. The molecule has 182 valence electrons. The van der Waals surface area contributed by atoms with Crippen LogP contribution in [0.4, 0.5) is 17.6 Å². The van der Waals surface area contributed by atoms with Crippen LogP contribution in [0.3, 0.4) is 0 Å². The predicted octanol–water partition coefficient (Wildman–Crippen LogP) is 6.26. The van der Waals surface area contributed by atoms with Crippen molar-refractivity contribution in [3.8, 4) is 11.3 Å². The summed E-state index contributed by atoms with van der Waals surface area (Å²) >= 11 is 12.3. The first-order valence-electron chi connectivity index (χ1n) is 9.83. The number of alkyl halides is 3. The SMILES string of the molecule is CC(C)(N)c1cc(-c2ccc(F)c(Cl)c2)nc(C(O)(CCC(=O)c2cnc(Cl)s2)C(F)(F)F)c1. The first-order valence-corrected chi connectivity index (χ1v) is 11.4. The number of rotatable bonds is 7. The molecule has 0 aliphatic carbocycles. The first kappa shape index (κ1) is 26.5. The number of aromatic nitrogens is 2. The van der Waals surface area contributed by atoms with Gasteiger partial charge in [-0.15, -0.1) is 0 Å². The quantitative estimate of drug-likeness (QED) is 0.275. The Morgan fingerprint density at radius 1 is 1.18 bits per heavy atom. The van der Waals surface area contributed by atoms with Crippen molar-refractivity contribution in [2.75, 3.05) is 0 Å². The third-order valence-electron chi connectivity index (χ3n) is 5.14. The highest BCUT2D eigenvalue weighted by Gasteiger charge is 2.56. The van der Waals surface area contributed by atoms with Gasteiger partial charge in [0.05, 0.1) is 27.5 Å².